The minimum absolute atomic E-state index is 0.197. The minimum atomic E-state index is -3.37. The molecule has 1 atom stereocenters. The maximum atomic E-state index is 13.4. The second-order valence-corrected chi connectivity index (χ2v) is 8.10. The molecule has 0 radical (unpaired) electrons. The molecule has 1 aliphatic rings. The van der Waals surface area contributed by atoms with Crippen molar-refractivity contribution < 1.29 is 27.4 Å². The molecular weight excluding hydrogens is 382 g/mol. The van der Waals surface area contributed by atoms with Gasteiger partial charge in [0.05, 0.1) is 38.8 Å². The molecule has 148 valence electrons. The third kappa shape index (κ3) is 3.96. The number of carbonyl (C=O) groups excluding carboxylic acids is 1. The molecule has 0 unspecified atom stereocenters. The van der Waals surface area contributed by atoms with Crippen LogP contribution in [-0.4, -0.2) is 47.4 Å². The molecule has 0 saturated carbocycles. The van der Waals surface area contributed by atoms with E-state index in [4.69, 9.17) is 14.2 Å². The fourth-order valence-electron chi connectivity index (χ4n) is 3.04. The summed E-state index contributed by atoms with van der Waals surface area (Å²) in [6.07, 6.45) is 1.51. The maximum absolute atomic E-state index is 13.4. The van der Waals surface area contributed by atoms with E-state index in [1.807, 2.05) is 0 Å². The molecule has 3 rings (SSSR count). The number of sulfone groups is 1. The molecule has 28 heavy (non-hydrogen) atoms. The Morgan fingerprint density at radius 3 is 2.32 bits per heavy atom. The van der Waals surface area contributed by atoms with Gasteiger partial charge in [-0.1, -0.05) is 6.07 Å². The smallest absolute Gasteiger partial charge is 0.259 e. The predicted octanol–water partition coefficient (Wildman–Crippen LogP) is 2.67. The molecule has 0 saturated heterocycles. The highest BCUT2D eigenvalue weighted by Gasteiger charge is 2.33. The van der Waals surface area contributed by atoms with Crippen LogP contribution in [0.1, 0.15) is 10.4 Å². The van der Waals surface area contributed by atoms with Crippen LogP contribution >= 0.6 is 0 Å². The number of ether oxygens (including phenoxy) is 3. The summed E-state index contributed by atoms with van der Waals surface area (Å²) in [5, 5.41) is 1.14. The van der Waals surface area contributed by atoms with E-state index < -0.39 is 15.9 Å². The summed E-state index contributed by atoms with van der Waals surface area (Å²) in [5.41, 5.74) is 0.817. The van der Waals surface area contributed by atoms with Crippen LogP contribution in [0.3, 0.4) is 0 Å². The van der Waals surface area contributed by atoms with Gasteiger partial charge in [0.2, 0.25) is 0 Å². The van der Waals surface area contributed by atoms with Gasteiger partial charge in [-0.05, 0) is 36.4 Å². The van der Waals surface area contributed by atoms with Crippen molar-refractivity contribution in [2.75, 3.05) is 32.0 Å². The van der Waals surface area contributed by atoms with Gasteiger partial charge in [0.1, 0.15) is 17.2 Å². The number of carbonyl (C=O) groups is 1. The maximum Gasteiger partial charge on any atom is 0.259 e. The molecule has 0 bridgehead atoms. The third-order valence-electron chi connectivity index (χ3n) is 4.42. The lowest BCUT2D eigenvalue weighted by atomic mass is 10.1. The average Bonchev–Trinajstić information content (AvgIpc) is 3.07. The van der Waals surface area contributed by atoms with E-state index in [0.717, 1.165) is 5.41 Å². The van der Waals surface area contributed by atoms with Crippen LogP contribution in [0.15, 0.2) is 53.9 Å². The van der Waals surface area contributed by atoms with Crippen molar-refractivity contribution in [3.05, 3.63) is 59.5 Å². The molecule has 8 heteroatoms. The van der Waals surface area contributed by atoms with E-state index in [9.17, 15) is 13.2 Å². The summed E-state index contributed by atoms with van der Waals surface area (Å²) in [5.74, 6) is 0.922. The molecule has 2 aromatic rings. The Morgan fingerprint density at radius 1 is 1.00 bits per heavy atom. The van der Waals surface area contributed by atoms with Gasteiger partial charge in [-0.25, -0.2) is 8.42 Å². The van der Waals surface area contributed by atoms with Gasteiger partial charge in [0, 0.05) is 17.0 Å². The Balaban J connectivity index is 2.10. The first-order valence-corrected chi connectivity index (χ1v) is 10.2. The molecule has 0 aromatic heterocycles. The molecule has 0 N–H and O–H groups in total. The minimum Gasteiger partial charge on any atom is -0.497 e. The van der Waals surface area contributed by atoms with E-state index in [1.165, 1.54) is 32.3 Å². The van der Waals surface area contributed by atoms with Crippen molar-refractivity contribution >= 4 is 21.4 Å². The summed E-state index contributed by atoms with van der Waals surface area (Å²) < 4.78 is 39.8. The van der Waals surface area contributed by atoms with Crippen molar-refractivity contribution in [1.29, 1.82) is 0 Å². The van der Waals surface area contributed by atoms with Crippen molar-refractivity contribution in [1.82, 2.24) is 0 Å². The lowest BCUT2D eigenvalue weighted by molar-refractivity contribution is 0.0982. The van der Waals surface area contributed by atoms with E-state index in [0.29, 0.717) is 28.5 Å². The van der Waals surface area contributed by atoms with Crippen LogP contribution in [0.4, 0.5) is 5.69 Å². The standard InChI is InChI=1S/C20H21NO6S/c1-25-16-6-4-5-14(11-16)20(22)21(15-9-10-28(23,24)13-15)18-8-7-17(26-2)12-19(18)27-3/h4-12,15H,13H2,1-3H3/t15-/m0/s1. The normalized spacial score (nSPS) is 17.2. The quantitative estimate of drug-likeness (QED) is 0.738. The first-order valence-electron chi connectivity index (χ1n) is 8.49. The number of amides is 1. The number of hydrogen-bond acceptors (Lipinski definition) is 6. The zero-order valence-corrected chi connectivity index (χ0v) is 16.6. The first kappa shape index (κ1) is 19.8. The van der Waals surface area contributed by atoms with Gasteiger partial charge in [-0.2, -0.15) is 0 Å². The molecule has 1 heterocycles. The SMILES string of the molecule is COc1cccc(C(=O)N(c2ccc(OC)cc2OC)[C@H]2C=CS(=O)(=O)C2)c1. The van der Waals surface area contributed by atoms with Crippen LogP contribution in [-0.2, 0) is 9.84 Å². The average molecular weight is 403 g/mol. The first-order chi connectivity index (χ1) is 13.4. The highest BCUT2D eigenvalue weighted by atomic mass is 32.2. The van der Waals surface area contributed by atoms with Gasteiger partial charge < -0.3 is 14.2 Å². The van der Waals surface area contributed by atoms with E-state index in [2.05, 4.69) is 0 Å². The van der Waals surface area contributed by atoms with Gasteiger partial charge >= 0.3 is 0 Å². The number of hydrogen-bond donors (Lipinski definition) is 0. The Labute approximate surface area is 164 Å². The summed E-state index contributed by atoms with van der Waals surface area (Å²) >= 11 is 0. The Morgan fingerprint density at radius 2 is 1.71 bits per heavy atom. The highest BCUT2D eigenvalue weighted by molar-refractivity contribution is 7.94. The second-order valence-electron chi connectivity index (χ2n) is 6.17. The number of rotatable bonds is 6. The molecule has 2 aromatic carbocycles. The number of anilines is 1. The van der Waals surface area contributed by atoms with E-state index in [1.54, 1.807) is 42.5 Å². The lowest BCUT2D eigenvalue weighted by Crippen LogP contribution is -2.41. The third-order valence-corrected chi connectivity index (χ3v) is 5.80. The molecule has 1 amide bonds. The van der Waals surface area contributed by atoms with Crippen LogP contribution in [0.5, 0.6) is 17.2 Å². The molecule has 0 aliphatic carbocycles. The Hall–Kier alpha value is -3.00. The van der Waals surface area contributed by atoms with Gasteiger partial charge in [0.15, 0.2) is 9.84 Å². The fraction of sp³-hybridized carbons (Fsp3) is 0.250. The van der Waals surface area contributed by atoms with Crippen LogP contribution < -0.4 is 19.1 Å². The van der Waals surface area contributed by atoms with Crippen LogP contribution in [0.25, 0.3) is 0 Å². The topological polar surface area (TPSA) is 82.1 Å². The summed E-state index contributed by atoms with van der Waals surface area (Å²) in [4.78, 5) is 14.8. The van der Waals surface area contributed by atoms with Gasteiger partial charge in [-0.3, -0.25) is 9.69 Å². The largest absolute Gasteiger partial charge is 0.497 e. The molecular formula is C20H21NO6S. The highest BCUT2D eigenvalue weighted by Crippen LogP contribution is 2.36. The summed E-state index contributed by atoms with van der Waals surface area (Å²) in [7, 11) is 1.15. The number of benzene rings is 2. The Bertz CT molecular complexity index is 1020. The van der Waals surface area contributed by atoms with Gasteiger partial charge in [0.25, 0.3) is 5.91 Å². The van der Waals surface area contributed by atoms with Gasteiger partial charge in [-0.15, -0.1) is 0 Å². The van der Waals surface area contributed by atoms with Crippen molar-refractivity contribution in [2.45, 2.75) is 6.04 Å². The number of methoxy groups -OCH3 is 3. The number of nitrogens with zero attached hydrogens (tertiary/aromatic N) is 1. The zero-order chi connectivity index (χ0) is 20.3. The fourth-order valence-corrected chi connectivity index (χ4v) is 4.31. The van der Waals surface area contributed by atoms with Crippen molar-refractivity contribution in [3.63, 3.8) is 0 Å². The Kier molecular flexibility index (Phi) is 5.60. The van der Waals surface area contributed by atoms with Crippen LogP contribution in [0, 0.1) is 0 Å². The molecule has 7 nitrogen and oxygen atoms in total. The van der Waals surface area contributed by atoms with E-state index in [-0.39, 0.29) is 11.7 Å². The van der Waals surface area contributed by atoms with Crippen molar-refractivity contribution in [3.8, 4) is 17.2 Å². The molecule has 1 aliphatic heterocycles. The van der Waals surface area contributed by atoms with Crippen LogP contribution in [0.2, 0.25) is 0 Å². The predicted molar refractivity (Wildman–Crippen MR) is 106 cm³/mol. The summed E-state index contributed by atoms with van der Waals surface area (Å²) in [6, 6.07) is 11.1. The summed E-state index contributed by atoms with van der Waals surface area (Å²) in [6.45, 7) is 0. The molecule has 0 fully saturated rings. The van der Waals surface area contributed by atoms with E-state index >= 15 is 0 Å². The second kappa shape index (κ2) is 7.93. The lowest BCUT2D eigenvalue weighted by Gasteiger charge is -2.29. The monoisotopic (exact) mass is 403 g/mol. The molecule has 0 spiro atoms. The van der Waals surface area contributed by atoms with Crippen molar-refractivity contribution in [2.24, 2.45) is 0 Å². The zero-order valence-electron chi connectivity index (χ0n) is 15.8.